The van der Waals surface area contributed by atoms with Crippen molar-refractivity contribution in [1.82, 2.24) is 0 Å². The van der Waals surface area contributed by atoms with Crippen LogP contribution in [0.15, 0.2) is 0 Å². The SMILES string of the molecule is CC1OCCC1SCCCCS. The van der Waals surface area contributed by atoms with Gasteiger partial charge in [0.2, 0.25) is 0 Å². The summed E-state index contributed by atoms with van der Waals surface area (Å²) in [5.41, 5.74) is 0. The molecule has 1 rings (SSSR count). The zero-order valence-corrected chi connectivity index (χ0v) is 9.37. The molecule has 12 heavy (non-hydrogen) atoms. The van der Waals surface area contributed by atoms with Crippen LogP contribution in [0.2, 0.25) is 0 Å². The predicted molar refractivity (Wildman–Crippen MR) is 59.4 cm³/mol. The Hall–Kier alpha value is 0.660. The predicted octanol–water partition coefficient (Wildman–Crippen LogP) is 2.61. The van der Waals surface area contributed by atoms with Gasteiger partial charge in [0.15, 0.2) is 0 Å². The minimum Gasteiger partial charge on any atom is -0.377 e. The van der Waals surface area contributed by atoms with E-state index < -0.39 is 0 Å². The molecule has 0 bridgehead atoms. The van der Waals surface area contributed by atoms with E-state index in [1.807, 2.05) is 0 Å². The van der Waals surface area contributed by atoms with Crippen LogP contribution in [0.1, 0.15) is 26.2 Å². The van der Waals surface area contributed by atoms with Crippen molar-refractivity contribution in [1.29, 1.82) is 0 Å². The van der Waals surface area contributed by atoms with Gasteiger partial charge in [0, 0.05) is 11.9 Å². The molecule has 0 N–H and O–H groups in total. The Labute approximate surface area is 85.0 Å². The van der Waals surface area contributed by atoms with E-state index in [2.05, 4.69) is 31.3 Å². The van der Waals surface area contributed by atoms with Crippen LogP contribution in [-0.4, -0.2) is 29.5 Å². The van der Waals surface area contributed by atoms with Crippen LogP contribution in [0.3, 0.4) is 0 Å². The lowest BCUT2D eigenvalue weighted by Gasteiger charge is -2.12. The third-order valence-corrected chi connectivity index (χ3v) is 4.08. The van der Waals surface area contributed by atoms with E-state index in [1.165, 1.54) is 25.0 Å². The third-order valence-electron chi connectivity index (χ3n) is 2.19. The summed E-state index contributed by atoms with van der Waals surface area (Å²) < 4.78 is 5.49. The molecule has 0 aliphatic carbocycles. The van der Waals surface area contributed by atoms with Gasteiger partial charge in [-0.2, -0.15) is 24.4 Å². The number of thiol groups is 1. The Morgan fingerprint density at radius 3 is 2.92 bits per heavy atom. The van der Waals surface area contributed by atoms with Gasteiger partial charge in [-0.3, -0.25) is 0 Å². The molecular weight excluding hydrogens is 188 g/mol. The highest BCUT2D eigenvalue weighted by atomic mass is 32.2. The molecule has 1 aliphatic heterocycles. The molecule has 0 amide bonds. The van der Waals surface area contributed by atoms with E-state index in [1.54, 1.807) is 0 Å². The van der Waals surface area contributed by atoms with Gasteiger partial charge >= 0.3 is 0 Å². The number of unbranched alkanes of at least 4 members (excludes halogenated alkanes) is 1. The van der Waals surface area contributed by atoms with Gasteiger partial charge in [-0.15, -0.1) is 0 Å². The lowest BCUT2D eigenvalue weighted by atomic mass is 10.3. The second-order valence-electron chi connectivity index (χ2n) is 3.20. The van der Waals surface area contributed by atoms with Gasteiger partial charge < -0.3 is 4.74 Å². The molecule has 0 radical (unpaired) electrons. The summed E-state index contributed by atoms with van der Waals surface area (Å²) in [6.45, 7) is 3.15. The Balaban J connectivity index is 1.98. The summed E-state index contributed by atoms with van der Waals surface area (Å²) in [4.78, 5) is 0. The maximum atomic E-state index is 5.49. The fourth-order valence-electron chi connectivity index (χ4n) is 1.38. The first kappa shape index (κ1) is 10.7. The standard InChI is InChI=1S/C9H18OS2/c1-8-9(4-5-10-8)12-7-3-2-6-11/h8-9,11H,2-7H2,1H3. The van der Waals surface area contributed by atoms with E-state index in [0.29, 0.717) is 6.10 Å². The molecule has 1 fully saturated rings. The smallest absolute Gasteiger partial charge is 0.0666 e. The number of thioether (sulfide) groups is 1. The quantitative estimate of drug-likeness (QED) is 0.547. The minimum atomic E-state index is 0.478. The summed E-state index contributed by atoms with van der Waals surface area (Å²) in [5, 5.41) is 0.755. The number of hydrogen-bond acceptors (Lipinski definition) is 3. The van der Waals surface area contributed by atoms with Gasteiger partial charge in [-0.05, 0) is 37.7 Å². The lowest BCUT2D eigenvalue weighted by Crippen LogP contribution is -2.13. The molecule has 2 atom stereocenters. The van der Waals surface area contributed by atoms with E-state index in [-0.39, 0.29) is 0 Å². The van der Waals surface area contributed by atoms with Crippen molar-refractivity contribution in [2.45, 2.75) is 37.5 Å². The first-order valence-electron chi connectivity index (χ1n) is 4.68. The Morgan fingerprint density at radius 2 is 2.33 bits per heavy atom. The van der Waals surface area contributed by atoms with Crippen LogP contribution < -0.4 is 0 Å². The highest BCUT2D eigenvalue weighted by molar-refractivity contribution is 7.99. The molecule has 1 saturated heterocycles. The van der Waals surface area contributed by atoms with Crippen molar-refractivity contribution in [2.24, 2.45) is 0 Å². The fourth-order valence-corrected chi connectivity index (χ4v) is 2.89. The summed E-state index contributed by atoms with van der Waals surface area (Å²) >= 11 is 6.26. The molecule has 2 unspecified atom stereocenters. The Morgan fingerprint density at radius 1 is 1.50 bits per heavy atom. The molecule has 0 aromatic rings. The molecule has 0 spiro atoms. The van der Waals surface area contributed by atoms with Crippen LogP contribution in [-0.2, 0) is 4.74 Å². The molecule has 3 heteroatoms. The molecule has 1 heterocycles. The van der Waals surface area contributed by atoms with Crippen molar-refractivity contribution in [3.05, 3.63) is 0 Å². The molecule has 0 aromatic heterocycles. The maximum Gasteiger partial charge on any atom is 0.0666 e. The lowest BCUT2D eigenvalue weighted by molar-refractivity contribution is 0.127. The Kier molecular flexibility index (Phi) is 5.52. The third kappa shape index (κ3) is 3.58. The highest BCUT2D eigenvalue weighted by Gasteiger charge is 2.23. The van der Waals surface area contributed by atoms with Crippen molar-refractivity contribution < 1.29 is 4.74 Å². The first-order valence-corrected chi connectivity index (χ1v) is 6.37. The molecular formula is C9H18OS2. The number of rotatable bonds is 5. The highest BCUT2D eigenvalue weighted by Crippen LogP contribution is 2.26. The van der Waals surface area contributed by atoms with Crippen LogP contribution in [0.5, 0.6) is 0 Å². The van der Waals surface area contributed by atoms with E-state index in [0.717, 1.165) is 17.6 Å². The number of hydrogen-bond donors (Lipinski definition) is 1. The second-order valence-corrected chi connectivity index (χ2v) is 5.00. The van der Waals surface area contributed by atoms with Crippen LogP contribution in [0.25, 0.3) is 0 Å². The van der Waals surface area contributed by atoms with Gasteiger partial charge in [-0.25, -0.2) is 0 Å². The average molecular weight is 206 g/mol. The molecule has 1 aliphatic rings. The topological polar surface area (TPSA) is 9.23 Å². The molecule has 1 nitrogen and oxygen atoms in total. The summed E-state index contributed by atoms with van der Waals surface area (Å²) in [6.07, 6.45) is 4.27. The zero-order chi connectivity index (χ0) is 8.81. The van der Waals surface area contributed by atoms with E-state index in [9.17, 15) is 0 Å². The maximum absolute atomic E-state index is 5.49. The summed E-state index contributed by atoms with van der Waals surface area (Å²) in [7, 11) is 0. The van der Waals surface area contributed by atoms with Gasteiger partial charge in [-0.1, -0.05) is 0 Å². The second kappa shape index (κ2) is 6.17. The van der Waals surface area contributed by atoms with E-state index in [4.69, 9.17) is 4.74 Å². The van der Waals surface area contributed by atoms with Crippen molar-refractivity contribution >= 4 is 24.4 Å². The van der Waals surface area contributed by atoms with Gasteiger partial charge in [0.25, 0.3) is 0 Å². The average Bonchev–Trinajstić information content (AvgIpc) is 2.46. The largest absolute Gasteiger partial charge is 0.377 e. The molecule has 0 aromatic carbocycles. The zero-order valence-electron chi connectivity index (χ0n) is 7.66. The van der Waals surface area contributed by atoms with Crippen molar-refractivity contribution in [3.8, 4) is 0 Å². The van der Waals surface area contributed by atoms with Crippen LogP contribution in [0, 0.1) is 0 Å². The normalized spacial score (nSPS) is 29.5. The van der Waals surface area contributed by atoms with Gasteiger partial charge in [0.1, 0.15) is 0 Å². The summed E-state index contributed by atoms with van der Waals surface area (Å²) in [5.74, 6) is 2.30. The van der Waals surface area contributed by atoms with Crippen LogP contribution >= 0.6 is 24.4 Å². The molecule has 72 valence electrons. The summed E-state index contributed by atoms with van der Waals surface area (Å²) in [6, 6.07) is 0. The molecule has 0 saturated carbocycles. The number of ether oxygens (including phenoxy) is 1. The monoisotopic (exact) mass is 206 g/mol. The van der Waals surface area contributed by atoms with E-state index >= 15 is 0 Å². The van der Waals surface area contributed by atoms with Crippen molar-refractivity contribution in [3.63, 3.8) is 0 Å². The first-order chi connectivity index (χ1) is 5.84. The van der Waals surface area contributed by atoms with Crippen molar-refractivity contribution in [2.75, 3.05) is 18.1 Å². The minimum absolute atomic E-state index is 0.478. The fraction of sp³-hybridized carbons (Fsp3) is 1.00. The van der Waals surface area contributed by atoms with Crippen LogP contribution in [0.4, 0.5) is 0 Å². The Bertz CT molecular complexity index is 119. The van der Waals surface area contributed by atoms with Gasteiger partial charge in [0.05, 0.1) is 6.10 Å².